The van der Waals surface area contributed by atoms with Crippen LogP contribution in [0.15, 0.2) is 48.5 Å². The van der Waals surface area contributed by atoms with Crippen LogP contribution in [0.4, 0.5) is 4.39 Å². The van der Waals surface area contributed by atoms with E-state index in [0.29, 0.717) is 12.0 Å². The van der Waals surface area contributed by atoms with Crippen molar-refractivity contribution in [3.8, 4) is 0 Å². The van der Waals surface area contributed by atoms with Crippen molar-refractivity contribution in [1.82, 2.24) is 0 Å². The van der Waals surface area contributed by atoms with Crippen LogP contribution in [0, 0.1) is 22.6 Å². The summed E-state index contributed by atoms with van der Waals surface area (Å²) in [6.07, 6.45) is 0.525. The minimum Gasteiger partial charge on any atom is -0.461 e. The Morgan fingerprint density at radius 2 is 1.64 bits per heavy atom. The number of carbonyl (C=O) groups excluding carboxylic acids is 1. The van der Waals surface area contributed by atoms with Crippen molar-refractivity contribution < 1.29 is 13.9 Å². The summed E-state index contributed by atoms with van der Waals surface area (Å²) in [5.74, 6) is -0.475. The summed E-state index contributed by atoms with van der Waals surface area (Å²) >= 11 is 0. The molecule has 0 amide bonds. The van der Waals surface area contributed by atoms with Gasteiger partial charge < -0.3 is 4.74 Å². The lowest BCUT2D eigenvalue weighted by Gasteiger charge is -2.09. The van der Waals surface area contributed by atoms with Crippen molar-refractivity contribution in [3.63, 3.8) is 0 Å². The third-order valence-electron chi connectivity index (χ3n) is 5.99. The van der Waals surface area contributed by atoms with E-state index in [9.17, 15) is 9.18 Å². The second-order valence-electron chi connectivity index (χ2n) is 8.07. The van der Waals surface area contributed by atoms with Gasteiger partial charge in [-0.2, -0.15) is 0 Å². The molecule has 1 fully saturated rings. The van der Waals surface area contributed by atoms with Gasteiger partial charge in [0.1, 0.15) is 12.4 Å². The molecule has 1 aliphatic carbocycles. The predicted octanol–water partition coefficient (Wildman–Crippen LogP) is 5.14. The Bertz CT molecular complexity index is 764. The SMILES string of the molecule is CC1(C)C(C(=O)OCc2ccc(F)c(Cc3ccccc3)c2)C1(C)C. The van der Waals surface area contributed by atoms with Gasteiger partial charge in [-0.05, 0) is 39.7 Å². The fourth-order valence-electron chi connectivity index (χ4n) is 3.69. The number of carbonyl (C=O) groups is 1. The van der Waals surface area contributed by atoms with Crippen LogP contribution in [0.3, 0.4) is 0 Å². The number of halogens is 1. The Hall–Kier alpha value is -2.16. The molecule has 132 valence electrons. The molecule has 1 saturated carbocycles. The summed E-state index contributed by atoms with van der Waals surface area (Å²) in [4.78, 5) is 12.4. The number of benzene rings is 2. The molecular weight excluding hydrogens is 315 g/mol. The molecule has 0 atom stereocenters. The van der Waals surface area contributed by atoms with E-state index in [4.69, 9.17) is 4.74 Å². The molecular formula is C22H25FO2. The molecule has 2 aromatic carbocycles. The topological polar surface area (TPSA) is 26.3 Å². The lowest BCUT2D eigenvalue weighted by atomic mass is 10.0. The van der Waals surface area contributed by atoms with E-state index in [1.807, 2.05) is 30.3 Å². The first-order valence-corrected chi connectivity index (χ1v) is 8.71. The van der Waals surface area contributed by atoms with E-state index in [2.05, 4.69) is 27.7 Å². The normalized spacial score (nSPS) is 18.0. The fourth-order valence-corrected chi connectivity index (χ4v) is 3.69. The van der Waals surface area contributed by atoms with Crippen LogP contribution in [0.1, 0.15) is 44.4 Å². The average molecular weight is 340 g/mol. The van der Waals surface area contributed by atoms with E-state index in [1.54, 1.807) is 12.1 Å². The average Bonchev–Trinajstić information content (AvgIpc) is 2.98. The van der Waals surface area contributed by atoms with Crippen LogP contribution in [-0.2, 0) is 22.6 Å². The van der Waals surface area contributed by atoms with Crippen molar-refractivity contribution >= 4 is 5.97 Å². The highest BCUT2D eigenvalue weighted by atomic mass is 19.1. The lowest BCUT2D eigenvalue weighted by Crippen LogP contribution is -2.11. The Labute approximate surface area is 149 Å². The minimum atomic E-state index is -0.233. The number of ether oxygens (including phenoxy) is 1. The smallest absolute Gasteiger partial charge is 0.310 e. The van der Waals surface area contributed by atoms with Crippen molar-refractivity contribution in [2.24, 2.45) is 16.7 Å². The first kappa shape index (κ1) is 17.7. The maximum absolute atomic E-state index is 14.1. The Kier molecular flexibility index (Phi) is 4.44. The maximum atomic E-state index is 14.1. The fraction of sp³-hybridized carbons (Fsp3) is 0.409. The molecule has 0 radical (unpaired) electrons. The monoisotopic (exact) mass is 340 g/mol. The van der Waals surface area contributed by atoms with Crippen molar-refractivity contribution in [1.29, 1.82) is 0 Å². The molecule has 25 heavy (non-hydrogen) atoms. The molecule has 0 aromatic heterocycles. The number of hydrogen-bond donors (Lipinski definition) is 0. The van der Waals surface area contributed by atoms with Gasteiger partial charge >= 0.3 is 5.97 Å². The second kappa shape index (κ2) is 6.29. The molecule has 3 rings (SSSR count). The van der Waals surface area contributed by atoms with Crippen LogP contribution in [-0.4, -0.2) is 5.97 Å². The highest BCUT2D eigenvalue weighted by Crippen LogP contribution is 2.68. The molecule has 2 aromatic rings. The Morgan fingerprint density at radius 1 is 1.00 bits per heavy atom. The van der Waals surface area contributed by atoms with Gasteiger partial charge in [0, 0.05) is 6.42 Å². The van der Waals surface area contributed by atoms with Gasteiger partial charge in [-0.1, -0.05) is 64.1 Å². The first-order valence-electron chi connectivity index (χ1n) is 8.71. The molecule has 1 aliphatic rings. The quantitative estimate of drug-likeness (QED) is 0.704. The van der Waals surface area contributed by atoms with Crippen LogP contribution >= 0.6 is 0 Å². The van der Waals surface area contributed by atoms with Crippen LogP contribution < -0.4 is 0 Å². The zero-order chi connectivity index (χ0) is 18.2. The van der Waals surface area contributed by atoms with Crippen LogP contribution in [0.5, 0.6) is 0 Å². The summed E-state index contributed by atoms with van der Waals surface area (Å²) in [7, 11) is 0. The van der Waals surface area contributed by atoms with Gasteiger partial charge in [0.15, 0.2) is 0 Å². The molecule has 3 heteroatoms. The third kappa shape index (κ3) is 3.33. The molecule has 0 spiro atoms. The largest absolute Gasteiger partial charge is 0.461 e. The highest BCUT2D eigenvalue weighted by Gasteiger charge is 2.69. The molecule has 0 bridgehead atoms. The third-order valence-corrected chi connectivity index (χ3v) is 5.99. The Balaban J connectivity index is 1.66. The minimum absolute atomic E-state index is 0.0364. The van der Waals surface area contributed by atoms with E-state index >= 15 is 0 Å². The highest BCUT2D eigenvalue weighted by molar-refractivity contribution is 5.78. The summed E-state index contributed by atoms with van der Waals surface area (Å²) < 4.78 is 19.6. The molecule has 0 saturated heterocycles. The van der Waals surface area contributed by atoms with E-state index in [-0.39, 0.29) is 35.1 Å². The lowest BCUT2D eigenvalue weighted by molar-refractivity contribution is -0.148. The Morgan fingerprint density at radius 3 is 2.24 bits per heavy atom. The number of esters is 1. The van der Waals surface area contributed by atoms with Crippen molar-refractivity contribution in [2.45, 2.75) is 40.7 Å². The summed E-state index contributed by atoms with van der Waals surface area (Å²) in [5, 5.41) is 0. The summed E-state index contributed by atoms with van der Waals surface area (Å²) in [6.45, 7) is 8.55. The van der Waals surface area contributed by atoms with E-state index in [0.717, 1.165) is 11.1 Å². The number of hydrogen-bond acceptors (Lipinski definition) is 2. The molecule has 0 aliphatic heterocycles. The van der Waals surface area contributed by atoms with Gasteiger partial charge in [-0.3, -0.25) is 4.79 Å². The summed E-state index contributed by atoms with van der Waals surface area (Å²) in [6, 6.07) is 14.7. The van der Waals surface area contributed by atoms with Gasteiger partial charge in [-0.25, -0.2) is 4.39 Å². The molecule has 0 unspecified atom stereocenters. The van der Waals surface area contributed by atoms with Gasteiger partial charge in [-0.15, -0.1) is 0 Å². The maximum Gasteiger partial charge on any atom is 0.310 e. The van der Waals surface area contributed by atoms with Crippen molar-refractivity contribution in [3.05, 3.63) is 71.0 Å². The second-order valence-corrected chi connectivity index (χ2v) is 8.07. The van der Waals surface area contributed by atoms with E-state index < -0.39 is 0 Å². The van der Waals surface area contributed by atoms with Gasteiger partial charge in [0.25, 0.3) is 0 Å². The van der Waals surface area contributed by atoms with E-state index in [1.165, 1.54) is 6.07 Å². The summed E-state index contributed by atoms with van der Waals surface area (Å²) in [5.41, 5.74) is 2.41. The van der Waals surface area contributed by atoms with Crippen molar-refractivity contribution in [2.75, 3.05) is 0 Å². The number of rotatable bonds is 5. The zero-order valence-corrected chi connectivity index (χ0v) is 15.3. The molecule has 0 N–H and O–H groups in total. The molecule has 2 nitrogen and oxygen atoms in total. The van der Waals surface area contributed by atoms with Crippen LogP contribution in [0.2, 0.25) is 0 Å². The standard InChI is InChI=1S/C22H25FO2/c1-21(2)19(22(21,3)4)20(24)25-14-16-10-11-18(23)17(13-16)12-15-8-6-5-7-9-15/h5-11,13,19H,12,14H2,1-4H3. The zero-order valence-electron chi connectivity index (χ0n) is 15.3. The predicted molar refractivity (Wildman–Crippen MR) is 96.5 cm³/mol. The first-order chi connectivity index (χ1) is 11.7. The molecule has 0 heterocycles. The van der Waals surface area contributed by atoms with Gasteiger partial charge in [0.05, 0.1) is 5.92 Å². The van der Waals surface area contributed by atoms with Crippen LogP contribution in [0.25, 0.3) is 0 Å². The van der Waals surface area contributed by atoms with Gasteiger partial charge in [0.2, 0.25) is 0 Å².